The SMILES string of the molecule is CC(NC(=O)c1cccnc1Oc1ccc(Br)cc1)C(=O)NCc1ccco1. The van der Waals surface area contributed by atoms with E-state index in [9.17, 15) is 9.59 Å². The molecule has 1 aromatic carbocycles. The van der Waals surface area contributed by atoms with Gasteiger partial charge < -0.3 is 19.8 Å². The molecule has 2 heterocycles. The number of hydrogen-bond acceptors (Lipinski definition) is 5. The number of carbonyl (C=O) groups is 2. The van der Waals surface area contributed by atoms with Crippen LogP contribution >= 0.6 is 15.9 Å². The molecule has 2 aromatic heterocycles. The van der Waals surface area contributed by atoms with E-state index < -0.39 is 11.9 Å². The average molecular weight is 444 g/mol. The van der Waals surface area contributed by atoms with E-state index in [0.717, 1.165) is 4.47 Å². The maximum absolute atomic E-state index is 12.6. The lowest BCUT2D eigenvalue weighted by atomic mass is 10.2. The predicted molar refractivity (Wildman–Crippen MR) is 106 cm³/mol. The van der Waals surface area contributed by atoms with Crippen LogP contribution in [0.15, 0.2) is 69.9 Å². The Kier molecular flexibility index (Phi) is 6.44. The summed E-state index contributed by atoms with van der Waals surface area (Å²) >= 11 is 3.36. The highest BCUT2D eigenvalue weighted by Gasteiger charge is 2.20. The van der Waals surface area contributed by atoms with Crippen molar-refractivity contribution in [1.29, 1.82) is 0 Å². The van der Waals surface area contributed by atoms with Crippen LogP contribution in [0, 0.1) is 0 Å². The lowest BCUT2D eigenvalue weighted by Crippen LogP contribution is -2.44. The van der Waals surface area contributed by atoms with Gasteiger partial charge in [-0.3, -0.25) is 9.59 Å². The Morgan fingerprint density at radius 3 is 2.68 bits per heavy atom. The second kappa shape index (κ2) is 9.18. The van der Waals surface area contributed by atoms with Crippen molar-refractivity contribution >= 4 is 27.7 Å². The monoisotopic (exact) mass is 443 g/mol. The highest BCUT2D eigenvalue weighted by molar-refractivity contribution is 9.10. The van der Waals surface area contributed by atoms with E-state index in [-0.39, 0.29) is 23.9 Å². The minimum absolute atomic E-state index is 0.158. The summed E-state index contributed by atoms with van der Waals surface area (Å²) in [5.41, 5.74) is 0.233. The summed E-state index contributed by atoms with van der Waals surface area (Å²) in [5.74, 6) is 0.542. The van der Waals surface area contributed by atoms with E-state index in [0.29, 0.717) is 11.5 Å². The summed E-state index contributed by atoms with van der Waals surface area (Å²) in [6.45, 7) is 1.85. The number of nitrogens with one attached hydrogen (secondary N) is 2. The van der Waals surface area contributed by atoms with E-state index in [4.69, 9.17) is 9.15 Å². The largest absolute Gasteiger partial charge is 0.467 e. The van der Waals surface area contributed by atoms with Gasteiger partial charge in [0.1, 0.15) is 23.1 Å². The van der Waals surface area contributed by atoms with Gasteiger partial charge in [0.15, 0.2) is 0 Å². The van der Waals surface area contributed by atoms with E-state index in [1.54, 1.807) is 43.3 Å². The number of halogens is 1. The van der Waals surface area contributed by atoms with E-state index in [1.807, 2.05) is 12.1 Å². The molecule has 3 rings (SSSR count). The van der Waals surface area contributed by atoms with Gasteiger partial charge >= 0.3 is 0 Å². The van der Waals surface area contributed by atoms with Crippen molar-refractivity contribution in [3.8, 4) is 11.6 Å². The molecule has 1 atom stereocenters. The first kappa shape index (κ1) is 19.6. The summed E-state index contributed by atoms with van der Waals surface area (Å²) in [6, 6.07) is 13.1. The zero-order valence-corrected chi connectivity index (χ0v) is 16.6. The number of benzene rings is 1. The van der Waals surface area contributed by atoms with E-state index >= 15 is 0 Å². The third kappa shape index (κ3) is 5.20. The smallest absolute Gasteiger partial charge is 0.257 e. The molecule has 0 saturated heterocycles. The van der Waals surface area contributed by atoms with Gasteiger partial charge in [-0.15, -0.1) is 0 Å². The Balaban J connectivity index is 1.63. The molecule has 0 spiro atoms. The van der Waals surface area contributed by atoms with Crippen molar-refractivity contribution in [3.05, 3.63) is 76.8 Å². The Bertz CT molecular complexity index is 942. The minimum atomic E-state index is -0.747. The number of nitrogens with zero attached hydrogens (tertiary/aromatic N) is 1. The third-order valence-electron chi connectivity index (χ3n) is 3.80. The molecule has 144 valence electrons. The van der Waals surface area contributed by atoms with Gasteiger partial charge in [-0.05, 0) is 55.5 Å². The van der Waals surface area contributed by atoms with Gasteiger partial charge in [0.2, 0.25) is 11.8 Å². The number of rotatable bonds is 7. The van der Waals surface area contributed by atoms with Crippen molar-refractivity contribution < 1.29 is 18.7 Å². The molecule has 28 heavy (non-hydrogen) atoms. The molecule has 0 saturated carbocycles. The highest BCUT2D eigenvalue weighted by Crippen LogP contribution is 2.24. The molecule has 0 fully saturated rings. The summed E-state index contributed by atoms with van der Waals surface area (Å²) in [6.07, 6.45) is 3.06. The number of furan rings is 1. The van der Waals surface area contributed by atoms with Gasteiger partial charge in [-0.1, -0.05) is 15.9 Å². The summed E-state index contributed by atoms with van der Waals surface area (Å²) < 4.78 is 11.8. The molecular weight excluding hydrogens is 426 g/mol. The van der Waals surface area contributed by atoms with Crippen LogP contribution in [0.5, 0.6) is 11.6 Å². The first-order chi connectivity index (χ1) is 13.5. The number of pyridine rings is 1. The van der Waals surface area contributed by atoms with Crippen molar-refractivity contribution in [2.45, 2.75) is 19.5 Å². The van der Waals surface area contributed by atoms with Gasteiger partial charge in [0, 0.05) is 10.7 Å². The second-order valence-corrected chi connectivity index (χ2v) is 6.82. The van der Waals surface area contributed by atoms with Crippen LogP contribution in [0.1, 0.15) is 23.0 Å². The summed E-state index contributed by atoms with van der Waals surface area (Å²) in [4.78, 5) is 28.9. The number of hydrogen-bond donors (Lipinski definition) is 2. The molecule has 1 unspecified atom stereocenters. The zero-order valence-electron chi connectivity index (χ0n) is 15.0. The number of aromatic nitrogens is 1. The van der Waals surface area contributed by atoms with Gasteiger partial charge in [0.05, 0.1) is 12.8 Å². The predicted octanol–water partition coefficient (Wildman–Crippen LogP) is 3.66. The second-order valence-electron chi connectivity index (χ2n) is 5.90. The number of amides is 2. The molecule has 2 N–H and O–H groups in total. The van der Waals surface area contributed by atoms with E-state index in [1.165, 1.54) is 12.5 Å². The van der Waals surface area contributed by atoms with Crippen molar-refractivity contribution in [3.63, 3.8) is 0 Å². The molecule has 0 aliphatic carbocycles. The van der Waals surface area contributed by atoms with Gasteiger partial charge in [-0.25, -0.2) is 4.98 Å². The molecular formula is C20H18BrN3O4. The van der Waals surface area contributed by atoms with Crippen LogP contribution in [0.4, 0.5) is 0 Å². The van der Waals surface area contributed by atoms with E-state index in [2.05, 4.69) is 31.5 Å². The summed E-state index contributed by atoms with van der Waals surface area (Å²) in [7, 11) is 0. The third-order valence-corrected chi connectivity index (χ3v) is 4.33. The Labute approximate surface area is 170 Å². The summed E-state index contributed by atoms with van der Waals surface area (Å²) in [5, 5.41) is 5.35. The van der Waals surface area contributed by atoms with Crippen molar-refractivity contribution in [1.82, 2.24) is 15.6 Å². The lowest BCUT2D eigenvalue weighted by molar-refractivity contribution is -0.122. The molecule has 2 amide bonds. The van der Waals surface area contributed by atoms with Crippen LogP contribution < -0.4 is 15.4 Å². The van der Waals surface area contributed by atoms with Crippen LogP contribution in [0.3, 0.4) is 0 Å². The van der Waals surface area contributed by atoms with Crippen LogP contribution in [0.25, 0.3) is 0 Å². The topological polar surface area (TPSA) is 93.5 Å². The standard InChI is InChI=1S/C20H18BrN3O4/c1-13(18(25)23-12-16-4-3-11-27-16)24-19(26)17-5-2-10-22-20(17)28-15-8-6-14(21)7-9-15/h2-11,13H,12H2,1H3,(H,23,25)(H,24,26). The first-order valence-electron chi connectivity index (χ1n) is 8.52. The zero-order chi connectivity index (χ0) is 19.9. The van der Waals surface area contributed by atoms with Crippen molar-refractivity contribution in [2.75, 3.05) is 0 Å². The molecule has 8 heteroatoms. The highest BCUT2D eigenvalue weighted by atomic mass is 79.9. The number of carbonyl (C=O) groups excluding carboxylic acids is 2. The molecule has 3 aromatic rings. The minimum Gasteiger partial charge on any atom is -0.467 e. The Morgan fingerprint density at radius 1 is 1.18 bits per heavy atom. The van der Waals surface area contributed by atoms with Gasteiger partial charge in [-0.2, -0.15) is 0 Å². The van der Waals surface area contributed by atoms with Crippen LogP contribution in [0.2, 0.25) is 0 Å². The first-order valence-corrected chi connectivity index (χ1v) is 9.31. The fraction of sp³-hybridized carbons (Fsp3) is 0.150. The fourth-order valence-electron chi connectivity index (χ4n) is 2.34. The Hall–Kier alpha value is -3.13. The fourth-order valence-corrected chi connectivity index (χ4v) is 2.60. The molecule has 0 aliphatic rings. The molecule has 7 nitrogen and oxygen atoms in total. The molecule has 0 radical (unpaired) electrons. The Morgan fingerprint density at radius 2 is 1.96 bits per heavy atom. The molecule has 0 aliphatic heterocycles. The maximum Gasteiger partial charge on any atom is 0.257 e. The quantitative estimate of drug-likeness (QED) is 0.580. The van der Waals surface area contributed by atoms with Crippen LogP contribution in [-0.2, 0) is 11.3 Å². The number of ether oxygens (including phenoxy) is 1. The van der Waals surface area contributed by atoms with Crippen LogP contribution in [-0.4, -0.2) is 22.8 Å². The van der Waals surface area contributed by atoms with Gasteiger partial charge in [0.25, 0.3) is 5.91 Å². The molecule has 0 bridgehead atoms. The lowest BCUT2D eigenvalue weighted by Gasteiger charge is -2.15. The normalized spacial score (nSPS) is 11.5. The maximum atomic E-state index is 12.6. The average Bonchev–Trinajstić information content (AvgIpc) is 3.22. The van der Waals surface area contributed by atoms with Crippen molar-refractivity contribution in [2.24, 2.45) is 0 Å².